The molecule has 8 aromatic carbocycles. The summed E-state index contributed by atoms with van der Waals surface area (Å²) in [7, 11) is 0. The van der Waals surface area contributed by atoms with Crippen LogP contribution < -0.4 is 0 Å². The monoisotopic (exact) mass is 755 g/mol. The summed E-state index contributed by atoms with van der Waals surface area (Å²) in [5.41, 5.74) is 20.0. The zero-order valence-corrected chi connectivity index (χ0v) is 33.1. The van der Waals surface area contributed by atoms with Gasteiger partial charge in [-0.2, -0.15) is 0 Å². The Bertz CT molecular complexity index is 3570. The minimum Gasteiger partial charge on any atom is -0.354 e. The Labute approximate surface area is 342 Å². The van der Waals surface area contributed by atoms with Crippen molar-refractivity contribution in [1.82, 2.24) is 14.1 Å². The molecule has 0 atom stereocenters. The predicted octanol–water partition coefficient (Wildman–Crippen LogP) is 15.3. The Hall–Kier alpha value is -7.36. The van der Waals surface area contributed by atoms with Crippen LogP contribution in [-0.2, 0) is 0 Å². The standard InChI is InChI=1S/C56H41N3/c1-35-14-6-7-17-42(35)46-34-41(27-24-36(46)2)59-53-23-13-10-20-45(53)49-31-38(26-29-55(49)59)47-32-39(33-50-43-18-8-11-21-51(43)57-56(47)50)37-25-28-54-48(30-37)44-19-9-12-22-52(44)58(54)40-15-4-3-5-16-40/h3-23,25-26,28-34,57H,24,27H2,1-2H3. The van der Waals surface area contributed by atoms with Crippen molar-refractivity contribution in [3.8, 4) is 27.9 Å². The van der Waals surface area contributed by atoms with E-state index < -0.39 is 0 Å². The molecule has 3 heterocycles. The number of nitrogens with zero attached hydrogens (tertiary/aromatic N) is 2. The zero-order chi connectivity index (χ0) is 39.2. The average Bonchev–Trinajstić information content (AvgIpc) is 3.94. The van der Waals surface area contributed by atoms with Crippen LogP contribution >= 0.6 is 0 Å². The van der Waals surface area contributed by atoms with Crippen LogP contribution in [0, 0.1) is 6.92 Å². The summed E-state index contributed by atoms with van der Waals surface area (Å²) < 4.78 is 4.91. The van der Waals surface area contributed by atoms with Crippen LogP contribution in [0.4, 0.5) is 0 Å². The van der Waals surface area contributed by atoms with Crippen LogP contribution in [0.5, 0.6) is 0 Å². The van der Waals surface area contributed by atoms with Gasteiger partial charge in [0.2, 0.25) is 0 Å². The van der Waals surface area contributed by atoms with Crippen molar-refractivity contribution in [2.24, 2.45) is 0 Å². The molecule has 0 saturated carbocycles. The molecule has 59 heavy (non-hydrogen) atoms. The van der Waals surface area contributed by atoms with Crippen molar-refractivity contribution in [3.63, 3.8) is 0 Å². The number of hydrogen-bond acceptors (Lipinski definition) is 0. The smallest absolute Gasteiger partial charge is 0.0544 e. The van der Waals surface area contributed by atoms with E-state index in [1.807, 2.05) is 0 Å². The molecule has 1 aliphatic carbocycles. The molecule has 0 saturated heterocycles. The first-order chi connectivity index (χ1) is 29.1. The predicted molar refractivity (Wildman–Crippen MR) is 251 cm³/mol. The van der Waals surface area contributed by atoms with Crippen LogP contribution in [0.2, 0.25) is 0 Å². The normalized spacial score (nSPS) is 13.5. The zero-order valence-electron chi connectivity index (χ0n) is 33.1. The van der Waals surface area contributed by atoms with Crippen molar-refractivity contribution in [3.05, 3.63) is 199 Å². The van der Waals surface area contributed by atoms with Crippen LogP contribution in [0.3, 0.4) is 0 Å². The third-order valence-electron chi connectivity index (χ3n) is 12.9. The second kappa shape index (κ2) is 13.1. The molecule has 280 valence electrons. The average molecular weight is 756 g/mol. The van der Waals surface area contributed by atoms with E-state index in [1.165, 1.54) is 116 Å². The third-order valence-corrected chi connectivity index (χ3v) is 12.9. The van der Waals surface area contributed by atoms with Gasteiger partial charge in [0.25, 0.3) is 0 Å². The van der Waals surface area contributed by atoms with Gasteiger partial charge in [-0.05, 0) is 133 Å². The maximum absolute atomic E-state index is 3.85. The van der Waals surface area contributed by atoms with E-state index in [4.69, 9.17) is 0 Å². The molecule has 3 nitrogen and oxygen atoms in total. The van der Waals surface area contributed by atoms with Gasteiger partial charge in [0.1, 0.15) is 0 Å². The van der Waals surface area contributed by atoms with Gasteiger partial charge >= 0.3 is 0 Å². The Balaban J connectivity index is 1.06. The first-order valence-electron chi connectivity index (χ1n) is 20.7. The van der Waals surface area contributed by atoms with Gasteiger partial charge in [-0.3, -0.25) is 0 Å². The van der Waals surface area contributed by atoms with E-state index in [2.05, 4.69) is 210 Å². The van der Waals surface area contributed by atoms with Crippen LogP contribution in [0.15, 0.2) is 188 Å². The van der Waals surface area contributed by atoms with E-state index in [9.17, 15) is 0 Å². The summed E-state index contributed by atoms with van der Waals surface area (Å²) in [6.45, 7) is 4.52. The van der Waals surface area contributed by atoms with Crippen LogP contribution in [0.25, 0.3) is 105 Å². The van der Waals surface area contributed by atoms with E-state index in [0.29, 0.717) is 0 Å². The second-order valence-corrected chi connectivity index (χ2v) is 16.3. The number of aryl methyl sites for hydroxylation is 1. The summed E-state index contributed by atoms with van der Waals surface area (Å²) >= 11 is 0. The number of aromatic nitrogens is 3. The summed E-state index contributed by atoms with van der Waals surface area (Å²) in [6.07, 6.45) is 4.50. The molecule has 0 fully saturated rings. The van der Waals surface area contributed by atoms with Crippen molar-refractivity contribution >= 4 is 76.7 Å². The van der Waals surface area contributed by atoms with Gasteiger partial charge in [-0.1, -0.05) is 115 Å². The van der Waals surface area contributed by atoms with Crippen molar-refractivity contribution in [2.45, 2.75) is 26.7 Å². The number of nitrogens with one attached hydrogen (secondary N) is 1. The van der Waals surface area contributed by atoms with Gasteiger partial charge in [-0.15, -0.1) is 0 Å². The molecule has 0 spiro atoms. The van der Waals surface area contributed by atoms with E-state index >= 15 is 0 Å². The fourth-order valence-electron chi connectivity index (χ4n) is 9.97. The first-order valence-corrected chi connectivity index (χ1v) is 20.7. The number of H-pyrrole nitrogens is 1. The lowest BCUT2D eigenvalue weighted by Crippen LogP contribution is -2.04. The minimum atomic E-state index is 1.00. The second-order valence-electron chi connectivity index (χ2n) is 16.3. The van der Waals surface area contributed by atoms with Gasteiger partial charge in [0.15, 0.2) is 0 Å². The number of aromatic amines is 1. The molecule has 3 aromatic heterocycles. The number of benzene rings is 8. The Morgan fingerprint density at radius 3 is 1.80 bits per heavy atom. The largest absolute Gasteiger partial charge is 0.354 e. The molecule has 1 N–H and O–H groups in total. The molecule has 0 amide bonds. The number of allylic oxidation sites excluding steroid dienone is 4. The number of hydrogen-bond donors (Lipinski definition) is 1. The van der Waals surface area contributed by atoms with Crippen LogP contribution in [-0.4, -0.2) is 14.1 Å². The number of para-hydroxylation sites is 4. The van der Waals surface area contributed by atoms with E-state index in [1.54, 1.807) is 0 Å². The molecule has 12 rings (SSSR count). The summed E-state index contributed by atoms with van der Waals surface area (Å²) in [5, 5.41) is 7.53. The van der Waals surface area contributed by atoms with Crippen molar-refractivity contribution in [1.29, 1.82) is 0 Å². The van der Waals surface area contributed by atoms with Gasteiger partial charge < -0.3 is 14.1 Å². The Kier molecular flexibility index (Phi) is 7.49. The summed E-state index contributed by atoms with van der Waals surface area (Å²) in [6, 6.07) is 64.8. The van der Waals surface area contributed by atoms with E-state index in [0.717, 1.165) is 18.4 Å². The van der Waals surface area contributed by atoms with Crippen molar-refractivity contribution < 1.29 is 0 Å². The lowest BCUT2D eigenvalue weighted by Gasteiger charge is -2.22. The molecular weight excluding hydrogens is 715 g/mol. The minimum absolute atomic E-state index is 1.00. The Morgan fingerprint density at radius 1 is 0.424 bits per heavy atom. The molecule has 3 heteroatoms. The lowest BCUT2D eigenvalue weighted by atomic mass is 9.89. The highest BCUT2D eigenvalue weighted by molar-refractivity contribution is 6.17. The summed E-state index contributed by atoms with van der Waals surface area (Å²) in [5.74, 6) is 0. The maximum atomic E-state index is 3.85. The highest BCUT2D eigenvalue weighted by Gasteiger charge is 2.21. The molecule has 11 aromatic rings. The SMILES string of the molecule is CC1=C(c2ccccc2C)C=C(n2c3ccccc3c3cc(-c4cc(-c5ccc6c(c5)c5ccccc5n6-c5ccccc5)cc5c4[nH]c4ccccc45)ccc32)CC1. The van der Waals surface area contributed by atoms with Crippen LogP contribution in [0.1, 0.15) is 30.9 Å². The molecule has 0 bridgehead atoms. The van der Waals surface area contributed by atoms with Crippen molar-refractivity contribution in [2.75, 3.05) is 0 Å². The number of rotatable bonds is 5. The summed E-state index contributed by atoms with van der Waals surface area (Å²) in [4.78, 5) is 3.85. The van der Waals surface area contributed by atoms with Gasteiger partial charge in [0.05, 0.1) is 27.6 Å². The molecule has 0 aliphatic heterocycles. The third kappa shape index (κ3) is 5.21. The maximum Gasteiger partial charge on any atom is 0.0544 e. The molecule has 0 unspecified atom stereocenters. The fourth-order valence-corrected chi connectivity index (χ4v) is 9.97. The molecule has 0 radical (unpaired) electrons. The number of fused-ring (bicyclic) bond motifs is 9. The molecular formula is C56H41N3. The lowest BCUT2D eigenvalue weighted by molar-refractivity contribution is 0.932. The highest BCUT2D eigenvalue weighted by Crippen LogP contribution is 2.43. The quantitative estimate of drug-likeness (QED) is 0.181. The highest BCUT2D eigenvalue weighted by atomic mass is 15.0. The fraction of sp³-hybridized carbons (Fsp3) is 0.0714. The molecule has 1 aliphatic rings. The topological polar surface area (TPSA) is 25.6 Å². The van der Waals surface area contributed by atoms with Gasteiger partial charge in [0, 0.05) is 54.8 Å². The first kappa shape index (κ1) is 33.7. The Morgan fingerprint density at radius 2 is 1.02 bits per heavy atom. The van der Waals surface area contributed by atoms with E-state index in [-0.39, 0.29) is 0 Å². The van der Waals surface area contributed by atoms with Gasteiger partial charge in [-0.25, -0.2) is 0 Å².